The molecule has 0 aliphatic heterocycles. The fourth-order valence-electron chi connectivity index (χ4n) is 2.13. The van der Waals surface area contributed by atoms with Crippen molar-refractivity contribution in [2.75, 3.05) is 13.2 Å². The highest BCUT2D eigenvalue weighted by Gasteiger charge is 2.21. The molecule has 2 aromatic carbocycles. The third-order valence-electron chi connectivity index (χ3n) is 3.24. The van der Waals surface area contributed by atoms with Crippen molar-refractivity contribution in [3.05, 3.63) is 65.2 Å². The molecule has 0 aliphatic carbocycles. The Kier molecular flexibility index (Phi) is 6.64. The standard InChI is InChI=1S/C19H22ClNO3/c1-19(2,14-23-12-15-6-4-3-5-7-15)21-18(22)13-24-17-10-8-16(20)9-11-17/h3-11H,12-14H2,1-2H3,(H,21,22). The number of rotatable bonds is 8. The predicted molar refractivity (Wildman–Crippen MR) is 95.3 cm³/mol. The molecule has 0 fully saturated rings. The van der Waals surface area contributed by atoms with E-state index in [1.54, 1.807) is 24.3 Å². The average Bonchev–Trinajstić information content (AvgIpc) is 2.55. The van der Waals surface area contributed by atoms with E-state index >= 15 is 0 Å². The number of ether oxygens (including phenoxy) is 2. The normalized spacial score (nSPS) is 11.1. The van der Waals surface area contributed by atoms with Crippen LogP contribution in [0.25, 0.3) is 0 Å². The van der Waals surface area contributed by atoms with Gasteiger partial charge >= 0.3 is 0 Å². The van der Waals surface area contributed by atoms with E-state index in [4.69, 9.17) is 21.1 Å². The molecule has 0 bridgehead atoms. The fraction of sp³-hybridized carbons (Fsp3) is 0.316. The molecule has 0 unspecified atom stereocenters. The molecule has 0 aromatic heterocycles. The molecule has 2 rings (SSSR count). The minimum atomic E-state index is -0.477. The van der Waals surface area contributed by atoms with E-state index in [-0.39, 0.29) is 12.5 Å². The van der Waals surface area contributed by atoms with Gasteiger partial charge in [-0.25, -0.2) is 0 Å². The number of halogens is 1. The predicted octanol–water partition coefficient (Wildman–Crippen LogP) is 3.83. The maximum atomic E-state index is 12.0. The molecule has 0 spiro atoms. The molecule has 0 saturated carbocycles. The summed E-state index contributed by atoms with van der Waals surface area (Å²) in [6.45, 7) is 4.70. The summed E-state index contributed by atoms with van der Waals surface area (Å²) in [6, 6.07) is 16.8. The highest BCUT2D eigenvalue weighted by molar-refractivity contribution is 6.30. The second-order valence-corrected chi connectivity index (χ2v) is 6.59. The molecular formula is C19H22ClNO3. The Morgan fingerprint density at radius 2 is 1.75 bits per heavy atom. The van der Waals surface area contributed by atoms with Crippen molar-refractivity contribution in [1.82, 2.24) is 5.32 Å². The minimum absolute atomic E-state index is 0.0518. The van der Waals surface area contributed by atoms with Crippen LogP contribution >= 0.6 is 11.6 Å². The number of amides is 1. The third kappa shape index (κ3) is 6.60. The molecule has 0 saturated heterocycles. The zero-order valence-corrected chi connectivity index (χ0v) is 14.7. The third-order valence-corrected chi connectivity index (χ3v) is 3.49. The van der Waals surface area contributed by atoms with Gasteiger partial charge < -0.3 is 14.8 Å². The van der Waals surface area contributed by atoms with Crippen molar-refractivity contribution in [2.24, 2.45) is 0 Å². The summed E-state index contributed by atoms with van der Waals surface area (Å²) < 4.78 is 11.1. The van der Waals surface area contributed by atoms with E-state index in [1.165, 1.54) is 0 Å². The van der Waals surface area contributed by atoms with Gasteiger partial charge in [-0.05, 0) is 43.7 Å². The van der Waals surface area contributed by atoms with E-state index < -0.39 is 5.54 Å². The van der Waals surface area contributed by atoms with E-state index in [0.29, 0.717) is 24.0 Å². The maximum absolute atomic E-state index is 12.0. The molecule has 128 valence electrons. The monoisotopic (exact) mass is 347 g/mol. The first kappa shape index (κ1) is 18.3. The zero-order chi connectivity index (χ0) is 17.4. The van der Waals surface area contributed by atoms with Crippen LogP contribution in [0.3, 0.4) is 0 Å². The van der Waals surface area contributed by atoms with Gasteiger partial charge in [0, 0.05) is 5.02 Å². The van der Waals surface area contributed by atoms with E-state index in [0.717, 1.165) is 5.56 Å². The van der Waals surface area contributed by atoms with Crippen LogP contribution < -0.4 is 10.1 Å². The number of hydrogen-bond donors (Lipinski definition) is 1. The van der Waals surface area contributed by atoms with Crippen LogP contribution in [0.4, 0.5) is 0 Å². The summed E-state index contributed by atoms with van der Waals surface area (Å²) in [6.07, 6.45) is 0. The number of carbonyl (C=O) groups excluding carboxylic acids is 1. The van der Waals surface area contributed by atoms with Gasteiger partial charge in [-0.1, -0.05) is 41.9 Å². The molecule has 0 aliphatic rings. The van der Waals surface area contributed by atoms with E-state index in [1.807, 2.05) is 44.2 Å². The second-order valence-electron chi connectivity index (χ2n) is 6.15. The molecule has 0 radical (unpaired) electrons. The van der Waals surface area contributed by atoms with Crippen molar-refractivity contribution in [3.8, 4) is 5.75 Å². The average molecular weight is 348 g/mol. The Morgan fingerprint density at radius 3 is 2.42 bits per heavy atom. The quantitative estimate of drug-likeness (QED) is 0.789. The van der Waals surface area contributed by atoms with Gasteiger partial charge in [0.2, 0.25) is 0 Å². The van der Waals surface area contributed by atoms with Crippen LogP contribution in [0.15, 0.2) is 54.6 Å². The highest BCUT2D eigenvalue weighted by atomic mass is 35.5. The van der Waals surface area contributed by atoms with Crippen LogP contribution in [0.5, 0.6) is 5.75 Å². The van der Waals surface area contributed by atoms with Crippen LogP contribution in [-0.2, 0) is 16.1 Å². The summed E-state index contributed by atoms with van der Waals surface area (Å²) >= 11 is 5.81. The van der Waals surface area contributed by atoms with Crippen molar-refractivity contribution in [1.29, 1.82) is 0 Å². The Balaban J connectivity index is 1.71. The van der Waals surface area contributed by atoms with Gasteiger partial charge in [-0.3, -0.25) is 4.79 Å². The molecule has 1 N–H and O–H groups in total. The van der Waals surface area contributed by atoms with Crippen LogP contribution in [0.1, 0.15) is 19.4 Å². The summed E-state index contributed by atoms with van der Waals surface area (Å²) in [7, 11) is 0. The maximum Gasteiger partial charge on any atom is 0.258 e. The van der Waals surface area contributed by atoms with Gasteiger partial charge in [0.05, 0.1) is 18.8 Å². The van der Waals surface area contributed by atoms with Gasteiger partial charge in [0.15, 0.2) is 6.61 Å². The van der Waals surface area contributed by atoms with Crippen LogP contribution in [0, 0.1) is 0 Å². The Labute approximate surface area is 147 Å². The smallest absolute Gasteiger partial charge is 0.258 e. The molecule has 2 aromatic rings. The van der Waals surface area contributed by atoms with Gasteiger partial charge in [0.1, 0.15) is 5.75 Å². The zero-order valence-electron chi connectivity index (χ0n) is 13.9. The van der Waals surface area contributed by atoms with Crippen molar-refractivity contribution < 1.29 is 14.3 Å². The van der Waals surface area contributed by atoms with E-state index in [9.17, 15) is 4.79 Å². The lowest BCUT2D eigenvalue weighted by molar-refractivity contribution is -0.125. The number of nitrogens with one attached hydrogen (secondary N) is 1. The van der Waals surface area contributed by atoms with Gasteiger partial charge in [-0.2, -0.15) is 0 Å². The molecule has 1 amide bonds. The Morgan fingerprint density at radius 1 is 1.08 bits per heavy atom. The van der Waals surface area contributed by atoms with E-state index in [2.05, 4.69) is 5.32 Å². The summed E-state index contributed by atoms with van der Waals surface area (Å²) in [5.41, 5.74) is 0.626. The lowest BCUT2D eigenvalue weighted by atomic mass is 10.1. The second kappa shape index (κ2) is 8.71. The minimum Gasteiger partial charge on any atom is -0.484 e. The summed E-state index contributed by atoms with van der Waals surface area (Å²) in [4.78, 5) is 12.0. The largest absolute Gasteiger partial charge is 0.484 e. The first-order chi connectivity index (χ1) is 11.4. The Hall–Kier alpha value is -2.04. The fourth-order valence-corrected chi connectivity index (χ4v) is 2.25. The molecule has 0 heterocycles. The molecular weight excluding hydrogens is 326 g/mol. The van der Waals surface area contributed by atoms with Crippen LogP contribution in [-0.4, -0.2) is 24.7 Å². The van der Waals surface area contributed by atoms with Crippen molar-refractivity contribution >= 4 is 17.5 Å². The highest BCUT2D eigenvalue weighted by Crippen LogP contribution is 2.15. The molecule has 24 heavy (non-hydrogen) atoms. The van der Waals surface area contributed by atoms with Crippen molar-refractivity contribution in [3.63, 3.8) is 0 Å². The summed E-state index contributed by atoms with van der Waals surface area (Å²) in [5, 5.41) is 3.54. The first-order valence-corrected chi connectivity index (χ1v) is 8.13. The SMILES string of the molecule is CC(C)(COCc1ccccc1)NC(=O)COc1ccc(Cl)cc1. The van der Waals surface area contributed by atoms with Gasteiger partial charge in [0.25, 0.3) is 5.91 Å². The molecule has 4 nitrogen and oxygen atoms in total. The first-order valence-electron chi connectivity index (χ1n) is 7.76. The Bertz CT molecular complexity index is 641. The number of benzene rings is 2. The van der Waals surface area contributed by atoms with Crippen LogP contribution in [0.2, 0.25) is 5.02 Å². The summed E-state index contributed by atoms with van der Waals surface area (Å²) in [5.74, 6) is 0.408. The van der Waals surface area contributed by atoms with Crippen molar-refractivity contribution in [2.45, 2.75) is 26.0 Å². The topological polar surface area (TPSA) is 47.6 Å². The van der Waals surface area contributed by atoms with Gasteiger partial charge in [-0.15, -0.1) is 0 Å². The molecule has 5 heteroatoms. The lowest BCUT2D eigenvalue weighted by Gasteiger charge is -2.26. The number of carbonyl (C=O) groups is 1. The lowest BCUT2D eigenvalue weighted by Crippen LogP contribution is -2.48. The molecule has 0 atom stereocenters. The number of hydrogen-bond acceptors (Lipinski definition) is 3.